The molecule has 0 spiro atoms. The highest BCUT2D eigenvalue weighted by atomic mass is 32.2. The van der Waals surface area contributed by atoms with Crippen LogP contribution in [0.15, 0.2) is 42.6 Å². The SMILES string of the molecule is CC(=O)Nc1cccc(NC(=O)c2cccnc2OC2CCSC2)c1. The molecule has 2 aromatic rings. The number of ether oxygens (including phenoxy) is 1. The van der Waals surface area contributed by atoms with Gasteiger partial charge in [-0.15, -0.1) is 0 Å². The second-order valence-electron chi connectivity index (χ2n) is 5.68. The Hall–Kier alpha value is -2.54. The van der Waals surface area contributed by atoms with E-state index in [4.69, 9.17) is 4.74 Å². The summed E-state index contributed by atoms with van der Waals surface area (Å²) in [4.78, 5) is 28.0. The van der Waals surface area contributed by atoms with Gasteiger partial charge < -0.3 is 15.4 Å². The van der Waals surface area contributed by atoms with Gasteiger partial charge in [-0.3, -0.25) is 9.59 Å². The molecule has 1 fully saturated rings. The van der Waals surface area contributed by atoms with Crippen molar-refractivity contribution in [2.75, 3.05) is 22.1 Å². The van der Waals surface area contributed by atoms with Gasteiger partial charge in [-0.05, 0) is 42.5 Å². The molecule has 1 aliphatic rings. The van der Waals surface area contributed by atoms with Crippen molar-refractivity contribution in [2.24, 2.45) is 0 Å². The molecular formula is C18H19N3O3S. The van der Waals surface area contributed by atoms with Gasteiger partial charge in [0, 0.05) is 30.2 Å². The Morgan fingerprint density at radius 1 is 1.20 bits per heavy atom. The van der Waals surface area contributed by atoms with Crippen molar-refractivity contribution >= 4 is 35.0 Å². The van der Waals surface area contributed by atoms with E-state index < -0.39 is 0 Å². The van der Waals surface area contributed by atoms with Crippen LogP contribution < -0.4 is 15.4 Å². The lowest BCUT2D eigenvalue weighted by Crippen LogP contribution is -2.20. The van der Waals surface area contributed by atoms with Crippen LogP contribution in [0.4, 0.5) is 11.4 Å². The summed E-state index contributed by atoms with van der Waals surface area (Å²) in [5.74, 6) is 1.87. The summed E-state index contributed by atoms with van der Waals surface area (Å²) >= 11 is 1.84. The molecule has 3 rings (SSSR count). The Bertz CT molecular complexity index is 776. The number of thioether (sulfide) groups is 1. The molecule has 1 aromatic carbocycles. The standard InChI is InChI=1S/C18H19N3O3S/c1-12(22)20-13-4-2-5-14(10-13)21-17(23)16-6-3-8-19-18(16)24-15-7-9-25-11-15/h2-6,8,10,15H,7,9,11H2,1H3,(H,20,22)(H,21,23). The number of nitrogens with zero attached hydrogens (tertiary/aromatic N) is 1. The monoisotopic (exact) mass is 357 g/mol. The van der Waals surface area contributed by atoms with Gasteiger partial charge in [0.2, 0.25) is 11.8 Å². The van der Waals surface area contributed by atoms with Gasteiger partial charge in [0.25, 0.3) is 5.91 Å². The van der Waals surface area contributed by atoms with Gasteiger partial charge in [-0.1, -0.05) is 6.07 Å². The number of carbonyl (C=O) groups excluding carboxylic acids is 2. The van der Waals surface area contributed by atoms with Gasteiger partial charge >= 0.3 is 0 Å². The van der Waals surface area contributed by atoms with E-state index in [9.17, 15) is 9.59 Å². The summed E-state index contributed by atoms with van der Waals surface area (Å²) < 4.78 is 5.89. The van der Waals surface area contributed by atoms with E-state index in [1.807, 2.05) is 11.8 Å². The van der Waals surface area contributed by atoms with Crippen LogP contribution in [0.2, 0.25) is 0 Å². The van der Waals surface area contributed by atoms with Crippen LogP contribution in [0.25, 0.3) is 0 Å². The molecule has 1 aromatic heterocycles. The highest BCUT2D eigenvalue weighted by Gasteiger charge is 2.21. The predicted molar refractivity (Wildman–Crippen MR) is 99.3 cm³/mol. The summed E-state index contributed by atoms with van der Waals surface area (Å²) in [5.41, 5.74) is 1.60. The van der Waals surface area contributed by atoms with Crippen molar-refractivity contribution in [3.05, 3.63) is 48.2 Å². The van der Waals surface area contributed by atoms with Crippen molar-refractivity contribution in [2.45, 2.75) is 19.4 Å². The molecule has 0 bridgehead atoms. The van der Waals surface area contributed by atoms with E-state index in [1.165, 1.54) is 6.92 Å². The lowest BCUT2D eigenvalue weighted by molar-refractivity contribution is -0.114. The number of anilines is 2. The Morgan fingerprint density at radius 2 is 2.00 bits per heavy atom. The van der Waals surface area contributed by atoms with Gasteiger partial charge in [0.15, 0.2) is 0 Å². The molecule has 2 N–H and O–H groups in total. The molecule has 1 aliphatic heterocycles. The highest BCUT2D eigenvalue weighted by molar-refractivity contribution is 7.99. The van der Waals surface area contributed by atoms with E-state index in [0.717, 1.165) is 17.9 Å². The fraction of sp³-hybridized carbons (Fsp3) is 0.278. The topological polar surface area (TPSA) is 80.3 Å². The zero-order valence-corrected chi connectivity index (χ0v) is 14.6. The molecule has 1 unspecified atom stereocenters. The summed E-state index contributed by atoms with van der Waals surface area (Å²) in [5, 5.41) is 5.51. The first kappa shape index (κ1) is 17.3. The van der Waals surface area contributed by atoms with Crippen LogP contribution in [0, 0.1) is 0 Å². The Balaban J connectivity index is 1.74. The van der Waals surface area contributed by atoms with Crippen LogP contribution >= 0.6 is 11.8 Å². The second-order valence-corrected chi connectivity index (χ2v) is 6.83. The number of pyridine rings is 1. The van der Waals surface area contributed by atoms with E-state index in [-0.39, 0.29) is 17.9 Å². The van der Waals surface area contributed by atoms with Crippen molar-refractivity contribution in [3.8, 4) is 5.88 Å². The van der Waals surface area contributed by atoms with Crippen molar-refractivity contribution < 1.29 is 14.3 Å². The second kappa shape index (κ2) is 8.02. The Morgan fingerprint density at radius 3 is 2.72 bits per heavy atom. The summed E-state index contributed by atoms with van der Waals surface area (Å²) in [6.07, 6.45) is 2.67. The first-order valence-corrected chi connectivity index (χ1v) is 9.16. The van der Waals surface area contributed by atoms with Crippen LogP contribution in [0.5, 0.6) is 5.88 Å². The number of hydrogen-bond donors (Lipinski definition) is 2. The lowest BCUT2D eigenvalue weighted by atomic mass is 10.2. The first-order chi connectivity index (χ1) is 12.1. The smallest absolute Gasteiger partial charge is 0.261 e. The third-order valence-electron chi connectivity index (χ3n) is 3.62. The molecule has 25 heavy (non-hydrogen) atoms. The Kier molecular flexibility index (Phi) is 5.55. The summed E-state index contributed by atoms with van der Waals surface area (Å²) in [7, 11) is 0. The van der Waals surface area contributed by atoms with Crippen LogP contribution in [-0.4, -0.2) is 34.4 Å². The van der Waals surface area contributed by atoms with E-state index in [1.54, 1.807) is 42.6 Å². The zero-order chi connectivity index (χ0) is 17.6. The number of amides is 2. The molecule has 0 saturated carbocycles. The fourth-order valence-corrected chi connectivity index (χ4v) is 3.59. The van der Waals surface area contributed by atoms with E-state index >= 15 is 0 Å². The van der Waals surface area contributed by atoms with Gasteiger partial charge in [0.05, 0.1) is 0 Å². The molecule has 0 aliphatic carbocycles. The van der Waals surface area contributed by atoms with E-state index in [2.05, 4.69) is 15.6 Å². The maximum Gasteiger partial charge on any atom is 0.261 e. The molecule has 2 heterocycles. The average molecular weight is 357 g/mol. The quantitative estimate of drug-likeness (QED) is 0.859. The molecule has 6 nitrogen and oxygen atoms in total. The normalized spacial score (nSPS) is 16.3. The molecule has 1 atom stereocenters. The van der Waals surface area contributed by atoms with Crippen LogP contribution in [0.3, 0.4) is 0 Å². The number of benzene rings is 1. The largest absolute Gasteiger partial charge is 0.473 e. The fourth-order valence-electron chi connectivity index (χ4n) is 2.50. The van der Waals surface area contributed by atoms with Crippen molar-refractivity contribution in [1.82, 2.24) is 4.98 Å². The number of rotatable bonds is 5. The molecule has 2 amide bonds. The minimum atomic E-state index is -0.297. The summed E-state index contributed by atoms with van der Waals surface area (Å²) in [6.45, 7) is 1.44. The van der Waals surface area contributed by atoms with Gasteiger partial charge in [-0.2, -0.15) is 11.8 Å². The Labute approximate surface area is 150 Å². The first-order valence-electron chi connectivity index (χ1n) is 8.00. The maximum absolute atomic E-state index is 12.6. The van der Waals surface area contributed by atoms with Gasteiger partial charge in [-0.25, -0.2) is 4.98 Å². The molecule has 1 saturated heterocycles. The summed E-state index contributed by atoms with van der Waals surface area (Å²) in [6, 6.07) is 10.4. The van der Waals surface area contributed by atoms with Gasteiger partial charge in [0.1, 0.15) is 11.7 Å². The number of nitrogens with one attached hydrogen (secondary N) is 2. The van der Waals surface area contributed by atoms with Crippen molar-refractivity contribution in [3.63, 3.8) is 0 Å². The minimum Gasteiger partial charge on any atom is -0.473 e. The maximum atomic E-state index is 12.6. The molecule has 130 valence electrons. The number of carbonyl (C=O) groups is 2. The van der Waals surface area contributed by atoms with E-state index in [0.29, 0.717) is 22.8 Å². The number of aromatic nitrogens is 1. The third kappa shape index (κ3) is 4.73. The molecule has 0 radical (unpaired) electrons. The highest BCUT2D eigenvalue weighted by Crippen LogP contribution is 2.25. The lowest BCUT2D eigenvalue weighted by Gasteiger charge is -2.14. The molecule has 7 heteroatoms. The number of hydrogen-bond acceptors (Lipinski definition) is 5. The van der Waals surface area contributed by atoms with Crippen LogP contribution in [0.1, 0.15) is 23.7 Å². The third-order valence-corrected chi connectivity index (χ3v) is 4.75. The van der Waals surface area contributed by atoms with Crippen LogP contribution in [-0.2, 0) is 4.79 Å². The minimum absolute atomic E-state index is 0.0922. The average Bonchev–Trinajstić information content (AvgIpc) is 3.08. The van der Waals surface area contributed by atoms with Crippen molar-refractivity contribution in [1.29, 1.82) is 0 Å². The molecular weight excluding hydrogens is 338 g/mol. The predicted octanol–water partition coefficient (Wildman–Crippen LogP) is 3.18. The zero-order valence-electron chi connectivity index (χ0n) is 13.8.